The Morgan fingerprint density at radius 1 is 1.57 bits per heavy atom. The maximum Gasteiger partial charge on any atom is 0.0218 e. The van der Waals surface area contributed by atoms with Crippen LogP contribution in [0.4, 0.5) is 0 Å². The molecular weight excluding hydrogens is 192 g/mol. The number of rotatable bonds is 6. The van der Waals surface area contributed by atoms with E-state index in [1.54, 1.807) is 0 Å². The second kappa shape index (κ2) is 6.70. The summed E-state index contributed by atoms with van der Waals surface area (Å²) in [6.45, 7) is 3.07. The monoisotopic (exact) mass is 216 g/mol. The van der Waals surface area contributed by atoms with Crippen molar-refractivity contribution in [1.29, 1.82) is 0 Å². The summed E-state index contributed by atoms with van der Waals surface area (Å²) in [5, 5.41) is 0. The minimum atomic E-state index is 0.610. The van der Waals surface area contributed by atoms with Crippen LogP contribution in [0.2, 0.25) is 0 Å². The summed E-state index contributed by atoms with van der Waals surface area (Å²) in [6, 6.07) is 1.39. The van der Waals surface area contributed by atoms with E-state index in [0.717, 1.165) is 12.6 Å². The van der Waals surface area contributed by atoms with E-state index >= 15 is 0 Å². The molecule has 0 radical (unpaired) electrons. The Balaban J connectivity index is 2.33. The van der Waals surface area contributed by atoms with Crippen molar-refractivity contribution in [3.63, 3.8) is 0 Å². The van der Waals surface area contributed by atoms with Crippen molar-refractivity contribution in [1.82, 2.24) is 4.90 Å². The molecule has 1 aliphatic heterocycles. The van der Waals surface area contributed by atoms with Crippen LogP contribution >= 0.6 is 11.8 Å². The summed E-state index contributed by atoms with van der Waals surface area (Å²) >= 11 is 2.08. The quantitative estimate of drug-likeness (QED) is 0.736. The fourth-order valence-corrected chi connectivity index (χ4v) is 3.35. The van der Waals surface area contributed by atoms with Crippen molar-refractivity contribution in [2.75, 3.05) is 25.1 Å². The molecular formula is C11H24N2S. The first-order valence-electron chi connectivity index (χ1n) is 5.79. The van der Waals surface area contributed by atoms with E-state index in [2.05, 4.69) is 30.6 Å². The summed E-state index contributed by atoms with van der Waals surface area (Å²) in [5.74, 6) is 2.64. The number of nitrogens with two attached hydrogens (primary N) is 1. The number of likely N-dealkylation sites (N-methyl/N-ethyl adjacent to an activating group) is 1. The van der Waals surface area contributed by atoms with Crippen LogP contribution in [0.1, 0.15) is 32.6 Å². The third-order valence-electron chi connectivity index (χ3n) is 3.22. The zero-order valence-electron chi connectivity index (χ0n) is 9.54. The highest BCUT2D eigenvalue weighted by atomic mass is 32.2. The van der Waals surface area contributed by atoms with Gasteiger partial charge in [-0.05, 0) is 25.6 Å². The molecule has 3 heteroatoms. The van der Waals surface area contributed by atoms with Gasteiger partial charge in [0.25, 0.3) is 0 Å². The van der Waals surface area contributed by atoms with Gasteiger partial charge in [0.15, 0.2) is 0 Å². The molecule has 0 amide bonds. The molecule has 1 heterocycles. The molecule has 2 nitrogen and oxygen atoms in total. The third kappa shape index (κ3) is 3.44. The predicted octanol–water partition coefficient (Wildman–Crippen LogP) is 1.94. The molecule has 0 aromatic heterocycles. The van der Waals surface area contributed by atoms with Gasteiger partial charge in [-0.15, -0.1) is 0 Å². The van der Waals surface area contributed by atoms with E-state index in [4.69, 9.17) is 5.73 Å². The van der Waals surface area contributed by atoms with E-state index in [0.29, 0.717) is 6.04 Å². The lowest BCUT2D eigenvalue weighted by Crippen LogP contribution is -2.44. The Hall–Kier alpha value is 0.270. The fraction of sp³-hybridized carbons (Fsp3) is 1.00. The lowest BCUT2D eigenvalue weighted by Gasteiger charge is -2.31. The normalized spacial score (nSPS) is 24.4. The van der Waals surface area contributed by atoms with Gasteiger partial charge in [0.2, 0.25) is 0 Å². The lowest BCUT2D eigenvalue weighted by atomic mass is 10.1. The van der Waals surface area contributed by atoms with Crippen molar-refractivity contribution in [2.24, 2.45) is 5.73 Å². The van der Waals surface area contributed by atoms with Crippen LogP contribution < -0.4 is 5.73 Å². The molecule has 1 rings (SSSR count). The van der Waals surface area contributed by atoms with Gasteiger partial charge in [-0.1, -0.05) is 19.8 Å². The second-order valence-electron chi connectivity index (χ2n) is 4.21. The third-order valence-corrected chi connectivity index (χ3v) is 4.37. The van der Waals surface area contributed by atoms with Gasteiger partial charge in [0.05, 0.1) is 0 Å². The smallest absolute Gasteiger partial charge is 0.0218 e. The summed E-state index contributed by atoms with van der Waals surface area (Å²) in [6.07, 6.45) is 5.21. The largest absolute Gasteiger partial charge is 0.329 e. The van der Waals surface area contributed by atoms with Gasteiger partial charge in [-0.3, -0.25) is 4.90 Å². The molecule has 0 aromatic carbocycles. The molecule has 1 fully saturated rings. The molecule has 2 unspecified atom stereocenters. The number of hydrogen-bond donors (Lipinski definition) is 1. The Morgan fingerprint density at radius 3 is 2.86 bits per heavy atom. The molecule has 84 valence electrons. The molecule has 0 aliphatic carbocycles. The average Bonchev–Trinajstić information content (AvgIpc) is 2.71. The second-order valence-corrected chi connectivity index (χ2v) is 5.36. The average molecular weight is 216 g/mol. The molecule has 2 atom stereocenters. The molecule has 0 saturated carbocycles. The zero-order valence-corrected chi connectivity index (χ0v) is 10.4. The molecule has 14 heavy (non-hydrogen) atoms. The Labute approximate surface area is 92.6 Å². The highest BCUT2D eigenvalue weighted by Gasteiger charge is 2.24. The molecule has 2 N–H and O–H groups in total. The van der Waals surface area contributed by atoms with Gasteiger partial charge in [0.1, 0.15) is 0 Å². The predicted molar refractivity (Wildman–Crippen MR) is 65.9 cm³/mol. The van der Waals surface area contributed by atoms with Crippen LogP contribution in [-0.4, -0.2) is 42.1 Å². The van der Waals surface area contributed by atoms with Crippen LogP contribution in [0.3, 0.4) is 0 Å². The summed E-state index contributed by atoms with van der Waals surface area (Å²) in [5.41, 5.74) is 5.83. The van der Waals surface area contributed by atoms with Crippen LogP contribution in [0.25, 0.3) is 0 Å². The summed E-state index contributed by atoms with van der Waals surface area (Å²) in [7, 11) is 2.25. The van der Waals surface area contributed by atoms with E-state index in [1.807, 2.05) is 0 Å². The van der Waals surface area contributed by atoms with Crippen molar-refractivity contribution in [3.8, 4) is 0 Å². The standard InChI is InChI=1S/C11H24N2S/c1-3-4-5-10(8-12)13(2)11-6-7-14-9-11/h10-11H,3-9,12H2,1-2H3. The number of unbranched alkanes of at least 4 members (excludes halogenated alkanes) is 1. The summed E-state index contributed by atoms with van der Waals surface area (Å²) in [4.78, 5) is 2.52. The van der Waals surface area contributed by atoms with Crippen LogP contribution in [-0.2, 0) is 0 Å². The number of nitrogens with zero attached hydrogens (tertiary/aromatic N) is 1. The first kappa shape index (κ1) is 12.3. The minimum absolute atomic E-state index is 0.610. The maximum atomic E-state index is 5.83. The highest BCUT2D eigenvalue weighted by molar-refractivity contribution is 7.99. The van der Waals surface area contributed by atoms with Gasteiger partial charge in [-0.25, -0.2) is 0 Å². The summed E-state index contributed by atoms with van der Waals surface area (Å²) < 4.78 is 0. The van der Waals surface area contributed by atoms with Crippen molar-refractivity contribution in [2.45, 2.75) is 44.7 Å². The molecule has 0 bridgehead atoms. The van der Waals surface area contributed by atoms with Crippen molar-refractivity contribution < 1.29 is 0 Å². The maximum absolute atomic E-state index is 5.83. The highest BCUT2D eigenvalue weighted by Crippen LogP contribution is 2.23. The minimum Gasteiger partial charge on any atom is -0.329 e. The topological polar surface area (TPSA) is 29.3 Å². The Kier molecular flexibility index (Phi) is 5.90. The first-order chi connectivity index (χ1) is 6.79. The van der Waals surface area contributed by atoms with Gasteiger partial charge < -0.3 is 5.73 Å². The number of thioether (sulfide) groups is 1. The molecule has 1 aliphatic rings. The van der Waals surface area contributed by atoms with E-state index in [9.17, 15) is 0 Å². The van der Waals surface area contributed by atoms with Crippen LogP contribution in [0.15, 0.2) is 0 Å². The Morgan fingerprint density at radius 2 is 2.36 bits per heavy atom. The van der Waals surface area contributed by atoms with Crippen LogP contribution in [0.5, 0.6) is 0 Å². The van der Waals surface area contributed by atoms with Crippen LogP contribution in [0, 0.1) is 0 Å². The first-order valence-corrected chi connectivity index (χ1v) is 6.94. The van der Waals surface area contributed by atoms with E-state index in [-0.39, 0.29) is 0 Å². The fourth-order valence-electron chi connectivity index (χ4n) is 2.07. The van der Waals surface area contributed by atoms with Gasteiger partial charge in [0, 0.05) is 24.4 Å². The van der Waals surface area contributed by atoms with E-state index < -0.39 is 0 Å². The SMILES string of the molecule is CCCCC(CN)N(C)C1CCSC1. The van der Waals surface area contributed by atoms with Crippen molar-refractivity contribution in [3.05, 3.63) is 0 Å². The van der Waals surface area contributed by atoms with Gasteiger partial charge >= 0.3 is 0 Å². The van der Waals surface area contributed by atoms with E-state index in [1.165, 1.54) is 37.2 Å². The number of hydrogen-bond acceptors (Lipinski definition) is 3. The zero-order chi connectivity index (χ0) is 10.4. The van der Waals surface area contributed by atoms with Crippen molar-refractivity contribution >= 4 is 11.8 Å². The van der Waals surface area contributed by atoms with Gasteiger partial charge in [-0.2, -0.15) is 11.8 Å². The molecule has 1 saturated heterocycles. The lowest BCUT2D eigenvalue weighted by molar-refractivity contribution is 0.180. The molecule has 0 aromatic rings. The molecule has 0 spiro atoms. The Bertz CT molecular complexity index is 146.